The molecule has 4 nitrogen and oxygen atoms in total. The van der Waals surface area contributed by atoms with E-state index in [0.29, 0.717) is 37.5 Å². The number of carbonyl (C=O) groups is 1. The highest BCUT2D eigenvalue weighted by Gasteiger charge is 2.37. The molecule has 1 aromatic carbocycles. The number of benzene rings is 1. The first-order valence-electron chi connectivity index (χ1n) is 10.7. The van der Waals surface area contributed by atoms with E-state index in [1.165, 1.54) is 18.9 Å². The Morgan fingerprint density at radius 2 is 2.00 bits per heavy atom. The Hall–Kier alpha value is -1.46. The maximum atomic E-state index is 13.9. The molecule has 156 valence electrons. The minimum atomic E-state index is -0.120. The number of amides is 1. The molecule has 0 bridgehead atoms. The predicted molar refractivity (Wildman–Crippen MR) is 109 cm³/mol. The number of methoxy groups -OCH3 is 1. The maximum Gasteiger partial charge on any atom is 0.222 e. The van der Waals surface area contributed by atoms with E-state index < -0.39 is 0 Å². The lowest BCUT2D eigenvalue weighted by molar-refractivity contribution is -0.133. The van der Waals surface area contributed by atoms with Crippen molar-refractivity contribution in [2.45, 2.75) is 52.0 Å². The molecule has 5 heteroatoms. The van der Waals surface area contributed by atoms with Gasteiger partial charge in [-0.3, -0.25) is 9.69 Å². The fraction of sp³-hybridized carbons (Fsp3) is 0.696. The number of hydrogen-bond acceptors (Lipinski definition) is 3. The SMILES string of the molecule is COCCN(CC1CCN(Cc2ccccc2F)CC1)C(=O)CCC1(C)CC1. The van der Waals surface area contributed by atoms with Crippen LogP contribution < -0.4 is 0 Å². The van der Waals surface area contributed by atoms with Crippen LogP contribution in [-0.4, -0.2) is 55.6 Å². The minimum absolute atomic E-state index is 0.120. The highest BCUT2D eigenvalue weighted by molar-refractivity contribution is 5.76. The van der Waals surface area contributed by atoms with E-state index in [9.17, 15) is 9.18 Å². The summed E-state index contributed by atoms with van der Waals surface area (Å²) in [5, 5.41) is 0. The van der Waals surface area contributed by atoms with Gasteiger partial charge in [0, 0.05) is 38.7 Å². The smallest absolute Gasteiger partial charge is 0.222 e. The molecule has 1 aliphatic carbocycles. The molecule has 1 saturated carbocycles. The summed E-state index contributed by atoms with van der Waals surface area (Å²) in [7, 11) is 1.69. The molecule has 1 heterocycles. The van der Waals surface area contributed by atoms with Crippen LogP contribution >= 0.6 is 0 Å². The highest BCUT2D eigenvalue weighted by atomic mass is 19.1. The number of nitrogens with zero attached hydrogens (tertiary/aromatic N) is 2. The van der Waals surface area contributed by atoms with Gasteiger partial charge in [0.25, 0.3) is 0 Å². The Balaban J connectivity index is 1.45. The molecular formula is C23H35FN2O2. The molecule has 28 heavy (non-hydrogen) atoms. The predicted octanol–water partition coefficient (Wildman–Crippen LogP) is 4.09. The molecule has 0 aromatic heterocycles. The van der Waals surface area contributed by atoms with Crippen molar-refractivity contribution in [1.29, 1.82) is 0 Å². The molecule has 0 unspecified atom stereocenters. The fourth-order valence-corrected chi connectivity index (χ4v) is 4.06. The third kappa shape index (κ3) is 6.28. The van der Waals surface area contributed by atoms with E-state index in [-0.39, 0.29) is 11.7 Å². The molecule has 0 radical (unpaired) electrons. The standard InChI is InChI=1S/C23H35FN2O2/c1-23(11-12-23)10-7-22(27)26(15-16-28-2)17-19-8-13-25(14-9-19)18-20-5-3-4-6-21(20)24/h3-6,19H,7-18H2,1-2H3. The summed E-state index contributed by atoms with van der Waals surface area (Å²) in [6.45, 7) is 6.98. The zero-order valence-electron chi connectivity index (χ0n) is 17.5. The molecule has 1 aliphatic heterocycles. The average molecular weight is 391 g/mol. The third-order valence-corrected chi connectivity index (χ3v) is 6.50. The van der Waals surface area contributed by atoms with Gasteiger partial charge >= 0.3 is 0 Å². The van der Waals surface area contributed by atoms with Gasteiger partial charge in [-0.05, 0) is 62.6 Å². The van der Waals surface area contributed by atoms with Crippen molar-refractivity contribution >= 4 is 5.91 Å². The van der Waals surface area contributed by atoms with Crippen molar-refractivity contribution in [2.24, 2.45) is 11.3 Å². The molecule has 0 spiro atoms. The molecular weight excluding hydrogens is 355 g/mol. The van der Waals surface area contributed by atoms with Crippen LogP contribution in [0.3, 0.4) is 0 Å². The largest absolute Gasteiger partial charge is 0.383 e. The van der Waals surface area contributed by atoms with Crippen LogP contribution in [0.5, 0.6) is 0 Å². The van der Waals surface area contributed by atoms with E-state index >= 15 is 0 Å². The van der Waals surface area contributed by atoms with Crippen LogP contribution in [-0.2, 0) is 16.1 Å². The summed E-state index contributed by atoms with van der Waals surface area (Å²) in [6, 6.07) is 7.03. The first-order chi connectivity index (χ1) is 13.5. The van der Waals surface area contributed by atoms with Gasteiger partial charge in [0.15, 0.2) is 0 Å². The van der Waals surface area contributed by atoms with Crippen molar-refractivity contribution < 1.29 is 13.9 Å². The lowest BCUT2D eigenvalue weighted by Gasteiger charge is -2.35. The van der Waals surface area contributed by atoms with Gasteiger partial charge in [0.05, 0.1) is 6.61 Å². The Kier molecular flexibility index (Phi) is 7.47. The molecule has 1 aromatic rings. The fourth-order valence-electron chi connectivity index (χ4n) is 4.06. The Morgan fingerprint density at radius 1 is 1.29 bits per heavy atom. The molecule has 0 atom stereocenters. The number of ether oxygens (including phenoxy) is 1. The molecule has 2 aliphatic rings. The number of halogens is 1. The van der Waals surface area contributed by atoms with Crippen molar-refractivity contribution in [3.8, 4) is 0 Å². The van der Waals surface area contributed by atoms with Crippen LogP contribution in [0.25, 0.3) is 0 Å². The van der Waals surface area contributed by atoms with Crippen molar-refractivity contribution in [2.75, 3.05) is 39.9 Å². The monoisotopic (exact) mass is 390 g/mol. The highest BCUT2D eigenvalue weighted by Crippen LogP contribution is 2.48. The Morgan fingerprint density at radius 3 is 2.64 bits per heavy atom. The van der Waals surface area contributed by atoms with Crippen LogP contribution in [0.2, 0.25) is 0 Å². The molecule has 2 fully saturated rings. The number of piperidine rings is 1. The van der Waals surface area contributed by atoms with Crippen LogP contribution in [0.15, 0.2) is 24.3 Å². The molecule has 1 amide bonds. The Bertz CT molecular complexity index is 639. The summed E-state index contributed by atoms with van der Waals surface area (Å²) < 4.78 is 19.1. The van der Waals surface area contributed by atoms with Gasteiger partial charge in [-0.2, -0.15) is 0 Å². The number of rotatable bonds is 10. The van der Waals surface area contributed by atoms with Crippen LogP contribution in [0.4, 0.5) is 4.39 Å². The van der Waals surface area contributed by atoms with Crippen LogP contribution in [0.1, 0.15) is 51.0 Å². The summed E-state index contributed by atoms with van der Waals surface area (Å²) in [5.74, 6) is 0.679. The van der Waals surface area contributed by atoms with Gasteiger partial charge in [0.1, 0.15) is 5.82 Å². The molecule has 3 rings (SSSR count). The number of likely N-dealkylation sites (tertiary alicyclic amines) is 1. The average Bonchev–Trinajstić information content (AvgIpc) is 3.44. The topological polar surface area (TPSA) is 32.8 Å². The van der Waals surface area contributed by atoms with Gasteiger partial charge < -0.3 is 9.64 Å². The quantitative estimate of drug-likeness (QED) is 0.603. The lowest BCUT2D eigenvalue weighted by Crippen LogP contribution is -2.42. The maximum absolute atomic E-state index is 13.9. The zero-order chi connectivity index (χ0) is 20.0. The van der Waals surface area contributed by atoms with Gasteiger partial charge in [-0.15, -0.1) is 0 Å². The summed E-state index contributed by atoms with van der Waals surface area (Å²) in [4.78, 5) is 17.1. The lowest BCUT2D eigenvalue weighted by atomic mass is 9.95. The van der Waals surface area contributed by atoms with Crippen molar-refractivity contribution in [3.05, 3.63) is 35.6 Å². The van der Waals surface area contributed by atoms with Gasteiger partial charge in [0.2, 0.25) is 5.91 Å². The number of carbonyl (C=O) groups excluding carboxylic acids is 1. The van der Waals surface area contributed by atoms with E-state index in [1.54, 1.807) is 13.2 Å². The Labute approximate surface area is 169 Å². The first-order valence-corrected chi connectivity index (χ1v) is 10.7. The number of hydrogen-bond donors (Lipinski definition) is 0. The minimum Gasteiger partial charge on any atom is -0.383 e. The zero-order valence-corrected chi connectivity index (χ0v) is 17.5. The van der Waals surface area contributed by atoms with E-state index in [4.69, 9.17) is 4.74 Å². The summed E-state index contributed by atoms with van der Waals surface area (Å²) >= 11 is 0. The second-order valence-electron chi connectivity index (χ2n) is 8.95. The molecule has 1 saturated heterocycles. The normalized spacial score (nSPS) is 19.5. The molecule has 0 N–H and O–H groups in total. The van der Waals surface area contributed by atoms with E-state index in [1.807, 2.05) is 17.0 Å². The summed E-state index contributed by atoms with van der Waals surface area (Å²) in [5.41, 5.74) is 1.19. The van der Waals surface area contributed by atoms with E-state index in [2.05, 4.69) is 11.8 Å². The van der Waals surface area contributed by atoms with Gasteiger partial charge in [-0.25, -0.2) is 4.39 Å². The second-order valence-corrected chi connectivity index (χ2v) is 8.95. The van der Waals surface area contributed by atoms with Crippen molar-refractivity contribution in [3.63, 3.8) is 0 Å². The van der Waals surface area contributed by atoms with Gasteiger partial charge in [-0.1, -0.05) is 25.1 Å². The third-order valence-electron chi connectivity index (χ3n) is 6.50. The van der Waals surface area contributed by atoms with Crippen LogP contribution in [0, 0.1) is 17.2 Å². The summed E-state index contributed by atoms with van der Waals surface area (Å²) in [6.07, 6.45) is 6.31. The second kappa shape index (κ2) is 9.84. The van der Waals surface area contributed by atoms with Crippen molar-refractivity contribution in [1.82, 2.24) is 9.80 Å². The van der Waals surface area contributed by atoms with E-state index in [0.717, 1.165) is 44.5 Å². The first kappa shape index (κ1) is 21.3.